The summed E-state index contributed by atoms with van der Waals surface area (Å²) in [6.45, 7) is 6.66. The van der Waals surface area contributed by atoms with Crippen molar-refractivity contribution >= 4 is 11.8 Å². The molecule has 82 valence electrons. The number of carbonyl (C=O) groups is 1. The van der Waals surface area contributed by atoms with Crippen LogP contribution in [0.3, 0.4) is 0 Å². The number of pyridine rings is 1. The molecule has 1 rings (SSSR count). The lowest BCUT2D eigenvalue weighted by Crippen LogP contribution is -2.06. The van der Waals surface area contributed by atoms with Crippen LogP contribution >= 0.6 is 0 Å². The molecule has 0 amide bonds. The van der Waals surface area contributed by atoms with Crippen LogP contribution in [0, 0.1) is 0 Å². The highest BCUT2D eigenvalue weighted by molar-refractivity contribution is 5.88. The van der Waals surface area contributed by atoms with E-state index >= 15 is 0 Å². The maximum atomic E-state index is 10.9. The number of carboxylic acids is 1. The molecule has 0 fully saturated rings. The summed E-state index contributed by atoms with van der Waals surface area (Å²) in [6, 6.07) is 3.17. The Morgan fingerprint density at radius 3 is 2.67 bits per heavy atom. The van der Waals surface area contributed by atoms with Crippen LogP contribution in [0.1, 0.15) is 42.7 Å². The Morgan fingerprint density at radius 1 is 1.53 bits per heavy atom. The molecule has 1 aromatic heterocycles. The summed E-state index contributed by atoms with van der Waals surface area (Å²) >= 11 is 0. The number of aromatic carboxylic acids is 1. The number of rotatable bonds is 4. The minimum atomic E-state index is -0.918. The summed E-state index contributed by atoms with van der Waals surface area (Å²) in [4.78, 5) is 15.2. The molecule has 0 spiro atoms. The van der Waals surface area contributed by atoms with Crippen molar-refractivity contribution in [3.63, 3.8) is 0 Å². The molecule has 1 aromatic rings. The quantitative estimate of drug-likeness (QED) is 0.797. The van der Waals surface area contributed by atoms with E-state index in [0.29, 0.717) is 5.82 Å². The van der Waals surface area contributed by atoms with Gasteiger partial charge in [-0.05, 0) is 25.0 Å². The van der Waals surface area contributed by atoms with E-state index in [1.807, 2.05) is 20.8 Å². The average Bonchev–Trinajstić information content (AvgIpc) is 2.17. The largest absolute Gasteiger partial charge is 0.478 e. The molecule has 1 heterocycles. The van der Waals surface area contributed by atoms with E-state index in [9.17, 15) is 4.79 Å². The van der Waals surface area contributed by atoms with Gasteiger partial charge in [-0.3, -0.25) is 0 Å². The van der Waals surface area contributed by atoms with Gasteiger partial charge in [0.2, 0.25) is 0 Å². The minimum absolute atomic E-state index is 0.224. The van der Waals surface area contributed by atoms with Crippen molar-refractivity contribution in [3.8, 4) is 0 Å². The molecule has 15 heavy (non-hydrogen) atoms. The normalized spacial score (nSPS) is 10.4. The van der Waals surface area contributed by atoms with E-state index in [4.69, 9.17) is 5.11 Å². The first-order valence-corrected chi connectivity index (χ1v) is 5.03. The van der Waals surface area contributed by atoms with Crippen molar-refractivity contribution in [2.24, 2.45) is 0 Å². The fourth-order valence-electron chi connectivity index (χ4n) is 1.24. The van der Waals surface area contributed by atoms with Crippen molar-refractivity contribution in [2.45, 2.75) is 26.7 Å². The maximum Gasteiger partial charge on any atom is 0.335 e. The number of carboxylic acid groups (broad SMARTS) is 1. The zero-order chi connectivity index (χ0) is 11.4. The van der Waals surface area contributed by atoms with Gasteiger partial charge >= 0.3 is 5.97 Å². The Balaban J connectivity index is 3.14. The van der Waals surface area contributed by atoms with E-state index in [0.717, 1.165) is 12.2 Å². The van der Waals surface area contributed by atoms with Gasteiger partial charge in [0.1, 0.15) is 5.82 Å². The minimum Gasteiger partial charge on any atom is -0.478 e. The Kier molecular flexibility index (Phi) is 3.66. The molecule has 0 atom stereocenters. The van der Waals surface area contributed by atoms with Crippen molar-refractivity contribution < 1.29 is 9.90 Å². The topological polar surface area (TPSA) is 62.2 Å². The first-order chi connectivity index (χ1) is 7.04. The van der Waals surface area contributed by atoms with Gasteiger partial charge in [0.05, 0.1) is 5.56 Å². The summed E-state index contributed by atoms with van der Waals surface area (Å²) in [5.74, 6) is -0.0683. The molecule has 0 saturated carbocycles. The number of hydrogen-bond acceptors (Lipinski definition) is 3. The molecule has 4 nitrogen and oxygen atoms in total. The van der Waals surface area contributed by atoms with E-state index in [2.05, 4.69) is 10.3 Å². The Labute approximate surface area is 89.3 Å². The van der Waals surface area contributed by atoms with E-state index in [-0.39, 0.29) is 11.5 Å². The van der Waals surface area contributed by atoms with Crippen molar-refractivity contribution in [1.82, 2.24) is 4.98 Å². The van der Waals surface area contributed by atoms with Gasteiger partial charge in [-0.2, -0.15) is 0 Å². The summed E-state index contributed by atoms with van der Waals surface area (Å²) in [5, 5.41) is 12.0. The van der Waals surface area contributed by atoms with Gasteiger partial charge in [-0.1, -0.05) is 13.8 Å². The number of nitrogens with zero attached hydrogens (tertiary/aromatic N) is 1. The third kappa shape index (κ3) is 2.94. The van der Waals surface area contributed by atoms with Gasteiger partial charge < -0.3 is 10.4 Å². The Bertz CT molecular complexity index is 362. The third-order valence-electron chi connectivity index (χ3n) is 2.04. The Morgan fingerprint density at radius 2 is 2.20 bits per heavy atom. The van der Waals surface area contributed by atoms with Crippen LogP contribution in [-0.2, 0) is 0 Å². The lowest BCUT2D eigenvalue weighted by Gasteiger charge is -2.09. The molecule has 0 radical (unpaired) electrons. The molecule has 0 saturated heterocycles. The summed E-state index contributed by atoms with van der Waals surface area (Å²) < 4.78 is 0. The smallest absolute Gasteiger partial charge is 0.335 e. The molecule has 0 unspecified atom stereocenters. The van der Waals surface area contributed by atoms with Crippen LogP contribution < -0.4 is 5.32 Å². The lowest BCUT2D eigenvalue weighted by atomic mass is 10.1. The highest BCUT2D eigenvalue weighted by atomic mass is 16.4. The molecule has 0 aliphatic rings. The standard InChI is InChI=1S/C11H16N2O2/c1-4-12-10-6-8(11(14)15)5-9(13-10)7(2)3/h5-7H,4H2,1-3H3,(H,12,13)(H,14,15). The first kappa shape index (κ1) is 11.5. The molecule has 0 bridgehead atoms. The zero-order valence-corrected chi connectivity index (χ0v) is 9.24. The third-order valence-corrected chi connectivity index (χ3v) is 2.04. The van der Waals surface area contributed by atoms with E-state index in [1.54, 1.807) is 12.1 Å². The fraction of sp³-hybridized carbons (Fsp3) is 0.455. The molecule has 0 aromatic carbocycles. The highest BCUT2D eigenvalue weighted by Gasteiger charge is 2.10. The second kappa shape index (κ2) is 4.77. The van der Waals surface area contributed by atoms with Crippen LogP contribution in [0.15, 0.2) is 12.1 Å². The van der Waals surface area contributed by atoms with Gasteiger partial charge in [-0.15, -0.1) is 0 Å². The predicted molar refractivity (Wildman–Crippen MR) is 59.4 cm³/mol. The van der Waals surface area contributed by atoms with Crippen LogP contribution in [0.25, 0.3) is 0 Å². The van der Waals surface area contributed by atoms with Gasteiger partial charge in [0, 0.05) is 12.2 Å². The number of nitrogens with one attached hydrogen (secondary N) is 1. The van der Waals surface area contributed by atoms with Crippen LogP contribution in [0.5, 0.6) is 0 Å². The summed E-state index contributed by atoms with van der Waals surface area (Å²) in [5.41, 5.74) is 1.08. The van der Waals surface area contributed by atoms with E-state index in [1.165, 1.54) is 0 Å². The monoisotopic (exact) mass is 208 g/mol. The van der Waals surface area contributed by atoms with Crippen LogP contribution in [0.2, 0.25) is 0 Å². The molecule has 4 heteroatoms. The molecule has 2 N–H and O–H groups in total. The second-order valence-electron chi connectivity index (χ2n) is 3.66. The number of aromatic nitrogens is 1. The average molecular weight is 208 g/mol. The fourth-order valence-corrected chi connectivity index (χ4v) is 1.24. The van der Waals surface area contributed by atoms with E-state index < -0.39 is 5.97 Å². The lowest BCUT2D eigenvalue weighted by molar-refractivity contribution is 0.0696. The summed E-state index contributed by atoms with van der Waals surface area (Å²) in [6.07, 6.45) is 0. The predicted octanol–water partition coefficient (Wildman–Crippen LogP) is 2.33. The van der Waals surface area contributed by atoms with Crippen molar-refractivity contribution in [2.75, 3.05) is 11.9 Å². The highest BCUT2D eigenvalue weighted by Crippen LogP contribution is 2.17. The molecule has 0 aliphatic carbocycles. The Hall–Kier alpha value is -1.58. The van der Waals surface area contributed by atoms with Crippen LogP contribution in [0.4, 0.5) is 5.82 Å². The van der Waals surface area contributed by atoms with Crippen LogP contribution in [-0.4, -0.2) is 22.6 Å². The van der Waals surface area contributed by atoms with Gasteiger partial charge in [0.25, 0.3) is 0 Å². The SMILES string of the molecule is CCNc1cc(C(=O)O)cc(C(C)C)n1. The maximum absolute atomic E-state index is 10.9. The van der Waals surface area contributed by atoms with Crippen molar-refractivity contribution in [1.29, 1.82) is 0 Å². The molecular formula is C11H16N2O2. The second-order valence-corrected chi connectivity index (χ2v) is 3.66. The summed E-state index contributed by atoms with van der Waals surface area (Å²) in [7, 11) is 0. The zero-order valence-electron chi connectivity index (χ0n) is 9.24. The van der Waals surface area contributed by atoms with Gasteiger partial charge in [0.15, 0.2) is 0 Å². The van der Waals surface area contributed by atoms with Crippen molar-refractivity contribution in [3.05, 3.63) is 23.4 Å². The van der Waals surface area contributed by atoms with Gasteiger partial charge in [-0.25, -0.2) is 9.78 Å². The number of anilines is 1. The molecular weight excluding hydrogens is 192 g/mol. The first-order valence-electron chi connectivity index (χ1n) is 5.03. The molecule has 0 aliphatic heterocycles. The number of hydrogen-bond donors (Lipinski definition) is 2.